The summed E-state index contributed by atoms with van der Waals surface area (Å²) in [5.41, 5.74) is -1.38. The van der Waals surface area contributed by atoms with Crippen molar-refractivity contribution in [3.05, 3.63) is 29.3 Å². The van der Waals surface area contributed by atoms with E-state index in [0.29, 0.717) is 36.6 Å². The van der Waals surface area contributed by atoms with E-state index in [4.69, 9.17) is 26.5 Å². The first-order valence-corrected chi connectivity index (χ1v) is 8.65. The lowest BCUT2D eigenvalue weighted by molar-refractivity contribution is -0.180. The standard InChI is InChI=1S/C18H25ClF3NO2/c1-5-25-16(23)13(7-6-10-19)14-11-12(8-9-15(14)24-4)17(2,3)18(20,21)22/h8-9,11,13,23H,5-7,10H2,1-4H3. The van der Waals surface area contributed by atoms with Gasteiger partial charge in [0, 0.05) is 11.4 Å². The molecule has 0 amide bonds. The molecule has 0 saturated carbocycles. The number of benzene rings is 1. The number of ether oxygens (including phenoxy) is 2. The van der Waals surface area contributed by atoms with Gasteiger partial charge in [-0.2, -0.15) is 13.2 Å². The molecular formula is C18H25ClF3NO2. The Bertz CT molecular complexity index is 588. The van der Waals surface area contributed by atoms with Crippen LogP contribution in [0.25, 0.3) is 0 Å². The molecule has 0 radical (unpaired) electrons. The van der Waals surface area contributed by atoms with Crippen LogP contribution in [-0.4, -0.2) is 31.7 Å². The molecule has 0 aliphatic carbocycles. The van der Waals surface area contributed by atoms with Crippen LogP contribution in [0.4, 0.5) is 13.2 Å². The van der Waals surface area contributed by atoms with E-state index in [1.165, 1.54) is 25.3 Å². The highest BCUT2D eigenvalue weighted by Gasteiger charge is 2.48. The van der Waals surface area contributed by atoms with Gasteiger partial charge in [0.05, 0.1) is 25.0 Å². The smallest absolute Gasteiger partial charge is 0.397 e. The van der Waals surface area contributed by atoms with Gasteiger partial charge in [0.15, 0.2) is 5.90 Å². The minimum atomic E-state index is -4.39. The van der Waals surface area contributed by atoms with Gasteiger partial charge in [0.25, 0.3) is 0 Å². The fraction of sp³-hybridized carbons (Fsp3) is 0.611. The van der Waals surface area contributed by atoms with Crippen molar-refractivity contribution in [2.75, 3.05) is 19.6 Å². The molecule has 0 saturated heterocycles. The van der Waals surface area contributed by atoms with Crippen molar-refractivity contribution >= 4 is 17.5 Å². The normalized spacial score (nSPS) is 13.4. The highest BCUT2D eigenvalue weighted by atomic mass is 35.5. The maximum atomic E-state index is 13.4. The Balaban J connectivity index is 3.42. The predicted octanol–water partition coefficient (Wildman–Crippen LogP) is 5.65. The van der Waals surface area contributed by atoms with Crippen LogP contribution < -0.4 is 4.74 Å². The number of rotatable bonds is 8. The van der Waals surface area contributed by atoms with E-state index in [1.807, 2.05) is 0 Å². The fourth-order valence-corrected chi connectivity index (χ4v) is 2.68. The molecule has 0 heterocycles. The Hall–Kier alpha value is -1.43. The highest BCUT2D eigenvalue weighted by Crippen LogP contribution is 2.43. The molecule has 7 heteroatoms. The minimum absolute atomic E-state index is 0.00730. The monoisotopic (exact) mass is 379 g/mol. The van der Waals surface area contributed by atoms with Crippen LogP contribution in [0.1, 0.15) is 50.7 Å². The van der Waals surface area contributed by atoms with Gasteiger partial charge >= 0.3 is 6.18 Å². The second-order valence-corrected chi connectivity index (χ2v) is 6.64. The Kier molecular flexibility index (Phi) is 7.60. The number of nitrogens with one attached hydrogen (secondary N) is 1. The average Bonchev–Trinajstić information content (AvgIpc) is 2.54. The van der Waals surface area contributed by atoms with Crippen molar-refractivity contribution < 1.29 is 22.6 Å². The second kappa shape index (κ2) is 8.79. The summed E-state index contributed by atoms with van der Waals surface area (Å²) in [7, 11) is 1.45. The van der Waals surface area contributed by atoms with Gasteiger partial charge in [0.1, 0.15) is 5.75 Å². The van der Waals surface area contributed by atoms with E-state index in [2.05, 4.69) is 0 Å². The summed E-state index contributed by atoms with van der Waals surface area (Å²) >= 11 is 5.76. The molecular weight excluding hydrogens is 355 g/mol. The molecule has 0 aromatic heterocycles. The van der Waals surface area contributed by atoms with Gasteiger partial charge < -0.3 is 9.47 Å². The first-order chi connectivity index (χ1) is 11.6. The van der Waals surface area contributed by atoms with Crippen molar-refractivity contribution in [2.45, 2.75) is 51.1 Å². The molecule has 1 aromatic carbocycles. The van der Waals surface area contributed by atoms with E-state index in [9.17, 15) is 13.2 Å². The highest BCUT2D eigenvalue weighted by molar-refractivity contribution is 6.17. The van der Waals surface area contributed by atoms with E-state index in [1.54, 1.807) is 6.92 Å². The molecule has 0 bridgehead atoms. The molecule has 1 rings (SSSR count). The summed E-state index contributed by atoms with van der Waals surface area (Å²) in [6, 6.07) is 4.41. The lowest BCUT2D eigenvalue weighted by Crippen LogP contribution is -2.36. The van der Waals surface area contributed by atoms with E-state index < -0.39 is 17.5 Å². The number of methoxy groups -OCH3 is 1. The third-order valence-corrected chi connectivity index (χ3v) is 4.55. The zero-order valence-electron chi connectivity index (χ0n) is 15.0. The molecule has 1 unspecified atom stereocenters. The number of hydrogen-bond acceptors (Lipinski definition) is 3. The summed E-state index contributed by atoms with van der Waals surface area (Å²) in [6.07, 6.45) is -3.29. The zero-order valence-corrected chi connectivity index (χ0v) is 15.7. The van der Waals surface area contributed by atoms with Crippen molar-refractivity contribution in [1.29, 1.82) is 5.41 Å². The van der Waals surface area contributed by atoms with Crippen LogP contribution in [0.5, 0.6) is 5.75 Å². The van der Waals surface area contributed by atoms with E-state index in [0.717, 1.165) is 13.8 Å². The summed E-state index contributed by atoms with van der Waals surface area (Å²) in [5.74, 6) is 0.336. The summed E-state index contributed by atoms with van der Waals surface area (Å²) in [4.78, 5) is 0. The van der Waals surface area contributed by atoms with Crippen LogP contribution in [-0.2, 0) is 10.2 Å². The number of alkyl halides is 4. The van der Waals surface area contributed by atoms with Gasteiger partial charge in [-0.15, -0.1) is 11.6 Å². The Morgan fingerprint density at radius 1 is 1.28 bits per heavy atom. The van der Waals surface area contributed by atoms with Crippen LogP contribution in [0, 0.1) is 5.41 Å². The quantitative estimate of drug-likeness (QED) is 0.360. The van der Waals surface area contributed by atoms with Gasteiger partial charge in [-0.1, -0.05) is 12.1 Å². The summed E-state index contributed by atoms with van der Waals surface area (Å²) in [6.45, 7) is 4.35. The Labute approximate surface area is 152 Å². The van der Waals surface area contributed by atoms with E-state index in [-0.39, 0.29) is 11.5 Å². The first kappa shape index (κ1) is 21.6. The van der Waals surface area contributed by atoms with Gasteiger partial charge in [-0.25, -0.2) is 0 Å². The Morgan fingerprint density at radius 2 is 1.92 bits per heavy atom. The largest absolute Gasteiger partial charge is 0.496 e. The van der Waals surface area contributed by atoms with Crippen LogP contribution in [0.3, 0.4) is 0 Å². The number of hydrogen-bond donors (Lipinski definition) is 1. The van der Waals surface area contributed by atoms with Crippen LogP contribution in [0.2, 0.25) is 0 Å². The average molecular weight is 380 g/mol. The van der Waals surface area contributed by atoms with Gasteiger partial charge in [-0.3, -0.25) is 5.41 Å². The molecule has 142 valence electrons. The molecule has 1 aromatic rings. The maximum absolute atomic E-state index is 13.4. The van der Waals surface area contributed by atoms with Crippen molar-refractivity contribution in [3.63, 3.8) is 0 Å². The molecule has 3 nitrogen and oxygen atoms in total. The fourth-order valence-electron chi connectivity index (χ4n) is 2.52. The van der Waals surface area contributed by atoms with Crippen molar-refractivity contribution in [3.8, 4) is 5.75 Å². The third-order valence-electron chi connectivity index (χ3n) is 4.28. The molecule has 1 N–H and O–H groups in total. The lowest BCUT2D eigenvalue weighted by atomic mass is 9.81. The second-order valence-electron chi connectivity index (χ2n) is 6.26. The van der Waals surface area contributed by atoms with Crippen LogP contribution >= 0.6 is 11.6 Å². The molecule has 25 heavy (non-hydrogen) atoms. The Morgan fingerprint density at radius 3 is 2.40 bits per heavy atom. The van der Waals surface area contributed by atoms with Crippen molar-refractivity contribution in [2.24, 2.45) is 0 Å². The topological polar surface area (TPSA) is 42.3 Å². The number of halogens is 4. The predicted molar refractivity (Wildman–Crippen MR) is 94.1 cm³/mol. The summed E-state index contributed by atoms with van der Waals surface area (Å²) in [5, 5.41) is 8.14. The zero-order chi connectivity index (χ0) is 19.3. The maximum Gasteiger partial charge on any atom is 0.397 e. The van der Waals surface area contributed by atoms with Gasteiger partial charge in [-0.05, 0) is 45.2 Å². The molecule has 1 atom stereocenters. The van der Waals surface area contributed by atoms with Crippen molar-refractivity contribution in [1.82, 2.24) is 0 Å². The first-order valence-electron chi connectivity index (χ1n) is 8.12. The van der Waals surface area contributed by atoms with E-state index >= 15 is 0 Å². The summed E-state index contributed by atoms with van der Waals surface area (Å²) < 4.78 is 50.8. The minimum Gasteiger partial charge on any atom is -0.496 e. The molecule has 0 fully saturated rings. The lowest BCUT2D eigenvalue weighted by Gasteiger charge is -2.30. The SMILES string of the molecule is CCOC(=N)C(CCCCl)c1cc(C(C)(C)C(F)(F)F)ccc1OC. The van der Waals surface area contributed by atoms with Gasteiger partial charge in [0.2, 0.25) is 0 Å². The third kappa shape index (κ3) is 5.03. The van der Waals surface area contributed by atoms with Crippen LogP contribution in [0.15, 0.2) is 18.2 Å². The molecule has 0 aliphatic rings. The molecule has 0 spiro atoms. The molecule has 0 aliphatic heterocycles.